The molecule has 0 unspecified atom stereocenters. The summed E-state index contributed by atoms with van der Waals surface area (Å²) in [6.07, 6.45) is 0. The quantitative estimate of drug-likeness (QED) is 0.468. The van der Waals surface area contributed by atoms with Gasteiger partial charge in [-0.05, 0) is 37.4 Å². The van der Waals surface area contributed by atoms with Crippen LogP contribution in [0.3, 0.4) is 0 Å². The summed E-state index contributed by atoms with van der Waals surface area (Å²) < 4.78 is 10.6. The van der Waals surface area contributed by atoms with Gasteiger partial charge in [0.25, 0.3) is 5.91 Å². The van der Waals surface area contributed by atoms with Crippen molar-refractivity contribution in [2.75, 3.05) is 19.5 Å². The van der Waals surface area contributed by atoms with Crippen molar-refractivity contribution in [1.29, 1.82) is 0 Å². The van der Waals surface area contributed by atoms with Crippen LogP contribution in [0.5, 0.6) is 11.5 Å². The van der Waals surface area contributed by atoms with E-state index in [1.165, 1.54) is 0 Å². The maximum absolute atomic E-state index is 12.5. The summed E-state index contributed by atoms with van der Waals surface area (Å²) in [5.74, 6) is 1.09. The second-order valence-electron chi connectivity index (χ2n) is 6.63. The van der Waals surface area contributed by atoms with Crippen LogP contribution in [0.15, 0.2) is 65.8 Å². The van der Waals surface area contributed by atoms with E-state index in [0.717, 1.165) is 22.0 Å². The Balaban J connectivity index is 1.71. The highest BCUT2D eigenvalue weighted by molar-refractivity contribution is 6.02. The lowest BCUT2D eigenvalue weighted by molar-refractivity contribution is -0.121. The maximum Gasteiger partial charge on any atom is 0.262 e. The minimum atomic E-state index is -0.463. The molecule has 3 rings (SSSR count). The van der Waals surface area contributed by atoms with Gasteiger partial charge in [0.1, 0.15) is 17.5 Å². The molecule has 6 heteroatoms. The maximum atomic E-state index is 12.5. The molecular formula is C23H25N3O3. The van der Waals surface area contributed by atoms with Crippen molar-refractivity contribution in [2.24, 2.45) is 5.10 Å². The summed E-state index contributed by atoms with van der Waals surface area (Å²) >= 11 is 0. The Labute approximate surface area is 170 Å². The molecular weight excluding hydrogens is 366 g/mol. The number of benzene rings is 3. The normalized spacial score (nSPS) is 12.3. The van der Waals surface area contributed by atoms with Crippen LogP contribution in [0.2, 0.25) is 0 Å². The Kier molecular flexibility index (Phi) is 6.34. The largest absolute Gasteiger partial charge is 0.497 e. The van der Waals surface area contributed by atoms with E-state index in [1.807, 2.05) is 61.5 Å². The van der Waals surface area contributed by atoms with Crippen molar-refractivity contribution in [3.05, 3.63) is 66.2 Å². The number of carbonyl (C=O) groups is 1. The van der Waals surface area contributed by atoms with Gasteiger partial charge >= 0.3 is 0 Å². The first kappa shape index (κ1) is 20.2. The standard InChI is InChI=1S/C23H25N3O3/c1-15(19-13-12-18(28-3)14-22(19)29-4)25-26-23(27)16(2)24-21-11-7-9-17-8-5-6-10-20(17)21/h5-14,16,24H,1-4H3,(H,26,27)/t16-/m1/s1. The molecule has 0 saturated carbocycles. The third-order valence-corrected chi connectivity index (χ3v) is 4.69. The molecule has 1 amide bonds. The van der Waals surface area contributed by atoms with E-state index in [2.05, 4.69) is 15.8 Å². The molecule has 29 heavy (non-hydrogen) atoms. The predicted octanol–water partition coefficient (Wildman–Crippen LogP) is 4.20. The molecule has 1 atom stereocenters. The van der Waals surface area contributed by atoms with Crippen molar-refractivity contribution in [2.45, 2.75) is 19.9 Å². The number of nitrogens with zero attached hydrogens (tertiary/aromatic N) is 1. The molecule has 0 spiro atoms. The first-order valence-electron chi connectivity index (χ1n) is 9.34. The Morgan fingerprint density at radius 2 is 1.76 bits per heavy atom. The Morgan fingerprint density at radius 1 is 1.00 bits per heavy atom. The molecule has 0 aliphatic carbocycles. The van der Waals surface area contributed by atoms with Gasteiger partial charge in [0, 0.05) is 22.7 Å². The van der Waals surface area contributed by atoms with Gasteiger partial charge in [-0.2, -0.15) is 5.10 Å². The number of fused-ring (bicyclic) bond motifs is 1. The van der Waals surface area contributed by atoms with Crippen LogP contribution in [0.25, 0.3) is 10.8 Å². The lowest BCUT2D eigenvalue weighted by atomic mass is 10.1. The second kappa shape index (κ2) is 9.10. The molecule has 6 nitrogen and oxygen atoms in total. The summed E-state index contributed by atoms with van der Waals surface area (Å²) in [5.41, 5.74) is 4.95. The fourth-order valence-electron chi connectivity index (χ4n) is 3.04. The molecule has 0 aliphatic heterocycles. The van der Waals surface area contributed by atoms with Gasteiger partial charge in [0.2, 0.25) is 0 Å². The highest BCUT2D eigenvalue weighted by Gasteiger charge is 2.14. The molecule has 0 aromatic heterocycles. The second-order valence-corrected chi connectivity index (χ2v) is 6.63. The summed E-state index contributed by atoms with van der Waals surface area (Å²) in [6.45, 7) is 3.61. The lowest BCUT2D eigenvalue weighted by Gasteiger charge is -2.16. The van der Waals surface area contributed by atoms with Crippen molar-refractivity contribution in [3.63, 3.8) is 0 Å². The predicted molar refractivity (Wildman–Crippen MR) is 117 cm³/mol. The van der Waals surface area contributed by atoms with Crippen LogP contribution < -0.4 is 20.2 Å². The van der Waals surface area contributed by atoms with Crippen LogP contribution in [0.1, 0.15) is 19.4 Å². The number of methoxy groups -OCH3 is 2. The van der Waals surface area contributed by atoms with Gasteiger partial charge in [-0.3, -0.25) is 4.79 Å². The molecule has 0 saturated heterocycles. The smallest absolute Gasteiger partial charge is 0.262 e. The first-order chi connectivity index (χ1) is 14.0. The van der Waals surface area contributed by atoms with Crippen molar-refractivity contribution in [1.82, 2.24) is 5.43 Å². The minimum Gasteiger partial charge on any atom is -0.497 e. The topological polar surface area (TPSA) is 72.0 Å². The summed E-state index contributed by atoms with van der Waals surface area (Å²) in [7, 11) is 3.18. The number of hydrogen-bond donors (Lipinski definition) is 2. The van der Waals surface area contributed by atoms with E-state index in [-0.39, 0.29) is 5.91 Å². The third-order valence-electron chi connectivity index (χ3n) is 4.69. The minimum absolute atomic E-state index is 0.232. The van der Waals surface area contributed by atoms with Crippen LogP contribution in [-0.4, -0.2) is 31.9 Å². The van der Waals surface area contributed by atoms with E-state index in [9.17, 15) is 4.79 Å². The first-order valence-corrected chi connectivity index (χ1v) is 9.34. The molecule has 0 radical (unpaired) electrons. The molecule has 3 aromatic rings. The molecule has 150 valence electrons. The molecule has 0 bridgehead atoms. The zero-order chi connectivity index (χ0) is 20.8. The number of carbonyl (C=O) groups excluding carboxylic acids is 1. The average molecular weight is 391 g/mol. The number of ether oxygens (including phenoxy) is 2. The Bertz CT molecular complexity index is 1040. The van der Waals surface area contributed by atoms with Gasteiger partial charge < -0.3 is 14.8 Å². The average Bonchev–Trinajstić information content (AvgIpc) is 2.76. The highest BCUT2D eigenvalue weighted by Crippen LogP contribution is 2.25. The van der Waals surface area contributed by atoms with E-state index < -0.39 is 6.04 Å². The lowest BCUT2D eigenvalue weighted by Crippen LogP contribution is -2.35. The monoisotopic (exact) mass is 391 g/mol. The van der Waals surface area contributed by atoms with E-state index >= 15 is 0 Å². The third kappa shape index (κ3) is 4.66. The van der Waals surface area contributed by atoms with Crippen LogP contribution in [0.4, 0.5) is 5.69 Å². The van der Waals surface area contributed by atoms with Crippen molar-refractivity contribution < 1.29 is 14.3 Å². The van der Waals surface area contributed by atoms with E-state index in [4.69, 9.17) is 9.47 Å². The van der Waals surface area contributed by atoms with Gasteiger partial charge in [-0.25, -0.2) is 5.43 Å². The zero-order valence-electron chi connectivity index (χ0n) is 17.0. The summed E-state index contributed by atoms with van der Waals surface area (Å²) in [5, 5.41) is 9.69. The fraction of sp³-hybridized carbons (Fsp3) is 0.217. The molecule has 0 aliphatic rings. The van der Waals surface area contributed by atoms with E-state index in [1.54, 1.807) is 27.2 Å². The molecule has 2 N–H and O–H groups in total. The zero-order valence-corrected chi connectivity index (χ0v) is 17.0. The SMILES string of the molecule is COc1ccc(C(C)=NNC(=O)[C@@H](C)Nc2cccc3ccccc23)c(OC)c1. The number of anilines is 1. The van der Waals surface area contributed by atoms with Crippen LogP contribution in [-0.2, 0) is 4.79 Å². The van der Waals surface area contributed by atoms with Gasteiger partial charge in [0.15, 0.2) is 0 Å². The van der Waals surface area contributed by atoms with Gasteiger partial charge in [-0.15, -0.1) is 0 Å². The Hall–Kier alpha value is -3.54. The molecule has 0 heterocycles. The molecule has 0 fully saturated rings. The van der Waals surface area contributed by atoms with Crippen LogP contribution >= 0.6 is 0 Å². The van der Waals surface area contributed by atoms with Crippen molar-refractivity contribution >= 4 is 28.1 Å². The van der Waals surface area contributed by atoms with Crippen molar-refractivity contribution in [3.8, 4) is 11.5 Å². The number of hydrogen-bond acceptors (Lipinski definition) is 5. The highest BCUT2D eigenvalue weighted by atomic mass is 16.5. The van der Waals surface area contributed by atoms with Crippen LogP contribution in [0, 0.1) is 0 Å². The number of rotatable bonds is 7. The van der Waals surface area contributed by atoms with Gasteiger partial charge in [0.05, 0.1) is 19.9 Å². The number of hydrazone groups is 1. The van der Waals surface area contributed by atoms with E-state index in [0.29, 0.717) is 17.2 Å². The summed E-state index contributed by atoms with van der Waals surface area (Å²) in [6, 6.07) is 19.0. The Morgan fingerprint density at radius 3 is 2.52 bits per heavy atom. The van der Waals surface area contributed by atoms with Gasteiger partial charge in [-0.1, -0.05) is 36.4 Å². The molecule has 3 aromatic carbocycles. The number of nitrogens with one attached hydrogen (secondary N) is 2. The summed E-state index contributed by atoms with van der Waals surface area (Å²) in [4.78, 5) is 12.5. The fourth-order valence-corrected chi connectivity index (χ4v) is 3.04. The number of amides is 1.